The summed E-state index contributed by atoms with van der Waals surface area (Å²) >= 11 is 0. The van der Waals surface area contributed by atoms with E-state index in [0.29, 0.717) is 48.6 Å². The second-order valence-electron chi connectivity index (χ2n) is 19.0. The zero-order valence-electron chi connectivity index (χ0n) is 40.4. The number of nitrogens with one attached hydrogen (secondary N) is 3. The third kappa shape index (κ3) is 14.9. The number of carbonyl (C=O) groups is 5. The van der Waals surface area contributed by atoms with Crippen LogP contribution in [0.1, 0.15) is 70.7 Å². The minimum absolute atomic E-state index is 0.0134. The molecule has 0 spiro atoms. The largest absolute Gasteiger partial charge is 0.453 e. The van der Waals surface area contributed by atoms with E-state index < -0.39 is 89.4 Å². The Morgan fingerprint density at radius 3 is 2.03 bits per heavy atom. The molecule has 2 aromatic heterocycles. The molecule has 6 N–H and O–H groups in total. The van der Waals surface area contributed by atoms with Gasteiger partial charge in [0.2, 0.25) is 11.8 Å². The van der Waals surface area contributed by atoms with Gasteiger partial charge in [-0.2, -0.15) is 5.10 Å². The number of aromatic nitrogens is 3. The highest BCUT2D eigenvalue weighted by Gasteiger charge is 2.38. The number of nitrogens with two attached hydrogens (primary N) is 1. The van der Waals surface area contributed by atoms with Gasteiger partial charge in [0.15, 0.2) is 6.10 Å². The second-order valence-corrected chi connectivity index (χ2v) is 19.0. The van der Waals surface area contributed by atoms with Gasteiger partial charge < -0.3 is 40.7 Å². The molecule has 3 heterocycles. The first-order valence-corrected chi connectivity index (χ1v) is 22.3. The number of anilines is 1. The van der Waals surface area contributed by atoms with Crippen LogP contribution in [0, 0.1) is 34.3 Å². The number of halogens is 2. The maximum atomic E-state index is 15.9. The molecule has 0 aliphatic carbocycles. The lowest BCUT2D eigenvalue weighted by Gasteiger charge is -2.35. The van der Waals surface area contributed by atoms with Crippen LogP contribution in [0.4, 0.5) is 24.2 Å². The van der Waals surface area contributed by atoms with Crippen molar-refractivity contribution in [2.24, 2.45) is 23.6 Å². The maximum Gasteiger partial charge on any atom is 0.407 e. The molecule has 0 radical (unpaired) electrons. The highest BCUT2D eigenvalue weighted by atomic mass is 19.1. The molecule has 0 unspecified atom stereocenters. The molecule has 1 saturated heterocycles. The molecule has 20 heteroatoms. The summed E-state index contributed by atoms with van der Waals surface area (Å²) in [7, 11) is 2.81. The van der Waals surface area contributed by atoms with E-state index in [1.165, 1.54) is 4.68 Å². The fourth-order valence-electron chi connectivity index (χ4n) is 7.54. The number of alkyl carbamates (subject to hydrolysis) is 1. The molecule has 4 aromatic rings. The molecule has 5 amide bonds. The predicted octanol–water partition coefficient (Wildman–Crippen LogP) is 4.03. The van der Waals surface area contributed by atoms with Gasteiger partial charge in [-0.3, -0.25) is 24.5 Å². The first-order chi connectivity index (χ1) is 32.4. The fourth-order valence-corrected chi connectivity index (χ4v) is 7.54. The van der Waals surface area contributed by atoms with Crippen molar-refractivity contribution in [2.75, 3.05) is 44.7 Å². The molecular weight excluding hydrogens is 895 g/mol. The van der Waals surface area contributed by atoms with Crippen molar-refractivity contribution in [3.05, 3.63) is 101 Å². The highest BCUT2D eigenvalue weighted by Crippen LogP contribution is 2.27. The number of hydrogen-bond donors (Lipinski definition) is 5. The summed E-state index contributed by atoms with van der Waals surface area (Å²) in [5.74, 6) is 3.52. The van der Waals surface area contributed by atoms with Gasteiger partial charge in [-0.05, 0) is 59.9 Å². The van der Waals surface area contributed by atoms with Crippen LogP contribution in [0.3, 0.4) is 0 Å². The number of aryl methyl sites for hydroxylation is 1. The zero-order chi connectivity index (χ0) is 50.8. The Bertz CT molecular complexity index is 2500. The number of pyridine rings is 1. The molecule has 69 heavy (non-hydrogen) atoms. The van der Waals surface area contributed by atoms with E-state index in [-0.39, 0.29) is 17.9 Å². The van der Waals surface area contributed by atoms with E-state index in [9.17, 15) is 29.1 Å². The Morgan fingerprint density at radius 2 is 1.51 bits per heavy atom. The fraction of sp³-hybridized carbons (Fsp3) is 0.449. The van der Waals surface area contributed by atoms with Crippen molar-refractivity contribution < 1.29 is 47.3 Å². The van der Waals surface area contributed by atoms with E-state index >= 15 is 8.78 Å². The number of aliphatic hydroxyl groups is 1. The summed E-state index contributed by atoms with van der Waals surface area (Å²) in [4.78, 5) is 72.5. The summed E-state index contributed by atoms with van der Waals surface area (Å²) < 4.78 is 43.3. The van der Waals surface area contributed by atoms with Crippen molar-refractivity contribution in [1.29, 1.82) is 0 Å². The molecule has 2 aromatic carbocycles. The van der Waals surface area contributed by atoms with Crippen molar-refractivity contribution in [1.82, 2.24) is 40.7 Å². The number of rotatable bonds is 15. The first-order valence-electron chi connectivity index (χ1n) is 22.3. The molecule has 1 fully saturated rings. The number of hydrazine groups is 1. The number of piperazine rings is 1. The average Bonchev–Trinajstić information content (AvgIpc) is 3.73. The van der Waals surface area contributed by atoms with Crippen molar-refractivity contribution >= 4 is 35.7 Å². The summed E-state index contributed by atoms with van der Waals surface area (Å²) in [6, 6.07) is 12.3. The number of hydrogen-bond acceptors (Lipinski definition) is 12. The smallest absolute Gasteiger partial charge is 0.407 e. The van der Waals surface area contributed by atoms with Crippen LogP contribution in [-0.2, 0) is 43.9 Å². The third-order valence-electron chi connectivity index (χ3n) is 11.4. The van der Waals surface area contributed by atoms with E-state index in [1.807, 2.05) is 12.1 Å². The topological polar surface area (TPSA) is 227 Å². The van der Waals surface area contributed by atoms with Crippen LogP contribution in [-0.4, -0.2) is 124 Å². The normalized spacial score (nSPS) is 14.7. The van der Waals surface area contributed by atoms with E-state index in [1.54, 1.807) is 103 Å². The minimum Gasteiger partial charge on any atom is -0.453 e. The molecule has 1 aliphatic heterocycles. The number of carbonyl (C=O) groups excluding carboxylic acids is 5. The molecule has 18 nitrogen and oxygen atoms in total. The quantitative estimate of drug-likeness (QED) is 0.0842. The van der Waals surface area contributed by atoms with Crippen LogP contribution < -0.4 is 26.7 Å². The van der Waals surface area contributed by atoms with E-state index in [2.05, 4.69) is 42.9 Å². The highest BCUT2D eigenvalue weighted by molar-refractivity contribution is 5.87. The Kier molecular flexibility index (Phi) is 17.5. The molecular formula is C49H62F2N10O8. The summed E-state index contributed by atoms with van der Waals surface area (Å²) in [5, 5.41) is 22.8. The summed E-state index contributed by atoms with van der Waals surface area (Å²) in [5.41, 5.74) is 7.97. The molecule has 370 valence electrons. The van der Waals surface area contributed by atoms with Gasteiger partial charge in [-0.1, -0.05) is 65.5 Å². The van der Waals surface area contributed by atoms with E-state index in [4.69, 9.17) is 15.2 Å². The first kappa shape index (κ1) is 52.9. The summed E-state index contributed by atoms with van der Waals surface area (Å²) in [6.45, 7) is 13.0. The molecule has 0 saturated carbocycles. The number of methoxy groups -OCH3 is 1. The van der Waals surface area contributed by atoms with Gasteiger partial charge in [0.05, 0.1) is 24.9 Å². The third-order valence-corrected chi connectivity index (χ3v) is 11.4. The van der Waals surface area contributed by atoms with Crippen LogP contribution in [0.25, 0.3) is 11.3 Å². The molecule has 1 aliphatic rings. The Balaban J connectivity index is 1.43. The van der Waals surface area contributed by atoms with Crippen LogP contribution >= 0.6 is 0 Å². The van der Waals surface area contributed by atoms with Gasteiger partial charge in [0.25, 0.3) is 5.91 Å². The monoisotopic (exact) mass is 956 g/mol. The number of benzene rings is 2. The van der Waals surface area contributed by atoms with Crippen LogP contribution in [0.15, 0.2) is 67.0 Å². The Hall–Kier alpha value is -7.11. The SMILES string of the molecule is COC(=O)N[C@H](C(=O)N[C@@H](Cc1ccc(C#Cc2ccc(N3CCN(C(C)=O)CC3)nc2)cc1)[C@@H](O)CN(Cc1c(F)cc(-c2ccn(C)n2)cc1F)NC(=O)[C@@H](OC(N)=O)C(C)(C)C)C(C)(C)C. The molecule has 0 bridgehead atoms. The standard InChI is InChI=1S/C49H62F2N10O8/c1-30(62)59-20-22-60(23-21-59)41-17-16-33(27-53-41)15-12-31-10-13-32(14-11-31)24-39(54-44(64)42(48(2,3)4)55-47(67)68-9)40(63)29-61(57-45(65)43(49(5,6)7)69-46(52)66)28-35-36(50)25-34(26-37(35)51)38-18-19-58(8)56-38/h10-11,13-14,16-19,25-27,39-40,42-43,63H,20-24,28-29H2,1-9H3,(H2,52,66)(H,54,64)(H,55,67)(H,57,65)/t39-,40-,42+,43+/m0/s1. The van der Waals surface area contributed by atoms with Gasteiger partial charge >= 0.3 is 12.2 Å². The molecule has 4 atom stereocenters. The van der Waals surface area contributed by atoms with Crippen LogP contribution in [0.2, 0.25) is 0 Å². The Morgan fingerprint density at radius 1 is 0.884 bits per heavy atom. The number of amides is 5. The second kappa shape index (κ2) is 22.8. The number of nitrogens with zero attached hydrogens (tertiary/aromatic N) is 6. The minimum atomic E-state index is -1.58. The van der Waals surface area contributed by atoms with Crippen molar-refractivity contribution in [3.63, 3.8) is 0 Å². The lowest BCUT2D eigenvalue weighted by molar-refractivity contribution is -0.141. The lowest BCUT2D eigenvalue weighted by atomic mass is 9.85. The number of ether oxygens (including phenoxy) is 2. The number of aliphatic hydroxyl groups excluding tert-OH is 1. The summed E-state index contributed by atoms with van der Waals surface area (Å²) in [6.07, 6.45) is -1.88. The van der Waals surface area contributed by atoms with Gasteiger partial charge in [0.1, 0.15) is 23.5 Å². The van der Waals surface area contributed by atoms with Crippen molar-refractivity contribution in [3.8, 4) is 23.1 Å². The van der Waals surface area contributed by atoms with Crippen molar-refractivity contribution in [2.45, 2.75) is 85.7 Å². The Labute approximate surface area is 400 Å². The van der Waals surface area contributed by atoms with E-state index in [0.717, 1.165) is 30.1 Å². The van der Waals surface area contributed by atoms with Gasteiger partial charge in [-0.25, -0.2) is 28.4 Å². The van der Waals surface area contributed by atoms with Gasteiger partial charge in [0, 0.05) is 93.3 Å². The predicted molar refractivity (Wildman–Crippen MR) is 253 cm³/mol. The number of primary amides is 1. The average molecular weight is 957 g/mol. The van der Waals surface area contributed by atoms with Crippen LogP contribution in [0.5, 0.6) is 0 Å². The lowest BCUT2D eigenvalue weighted by Crippen LogP contribution is -2.60. The molecule has 5 rings (SSSR count). The zero-order valence-corrected chi connectivity index (χ0v) is 40.4. The van der Waals surface area contributed by atoms with Gasteiger partial charge in [-0.15, -0.1) is 0 Å². The maximum absolute atomic E-state index is 15.9.